The van der Waals surface area contributed by atoms with Crippen molar-refractivity contribution in [1.82, 2.24) is 10.3 Å². The highest BCUT2D eigenvalue weighted by Crippen LogP contribution is 2.24. The number of nitriles is 1. The van der Waals surface area contributed by atoms with Crippen LogP contribution in [0.1, 0.15) is 22.1 Å². The molecule has 23 heavy (non-hydrogen) atoms. The maximum absolute atomic E-state index is 12.4. The Hall–Kier alpha value is -3.07. The van der Waals surface area contributed by atoms with Crippen molar-refractivity contribution in [1.29, 1.82) is 5.26 Å². The van der Waals surface area contributed by atoms with Gasteiger partial charge in [-0.1, -0.05) is 18.2 Å². The van der Waals surface area contributed by atoms with E-state index >= 15 is 0 Å². The molecule has 0 bridgehead atoms. The third-order valence-electron chi connectivity index (χ3n) is 3.35. The first-order valence-electron chi connectivity index (χ1n) is 7.03. The Labute approximate surface area is 135 Å². The van der Waals surface area contributed by atoms with E-state index in [1.807, 2.05) is 19.0 Å². The van der Waals surface area contributed by atoms with E-state index in [9.17, 15) is 10.1 Å². The van der Waals surface area contributed by atoms with E-state index in [0.717, 1.165) is 5.69 Å². The number of nitrogens with zero attached hydrogens (tertiary/aromatic N) is 3. The zero-order valence-corrected chi connectivity index (χ0v) is 13.3. The maximum atomic E-state index is 12.4. The van der Waals surface area contributed by atoms with Gasteiger partial charge in [0.15, 0.2) is 0 Å². The van der Waals surface area contributed by atoms with Crippen LogP contribution in [-0.2, 0) is 0 Å². The SMILES string of the molecule is COc1ccccc1[C@H](C#N)NC(=O)c1cc(N(C)C)ccn1. The zero-order valence-electron chi connectivity index (χ0n) is 13.3. The lowest BCUT2D eigenvalue weighted by molar-refractivity contribution is 0.0940. The van der Waals surface area contributed by atoms with Crippen molar-refractivity contribution in [3.63, 3.8) is 0 Å². The minimum absolute atomic E-state index is 0.256. The second-order valence-corrected chi connectivity index (χ2v) is 5.07. The fourth-order valence-corrected chi connectivity index (χ4v) is 2.11. The Morgan fingerprint density at radius 1 is 1.35 bits per heavy atom. The maximum Gasteiger partial charge on any atom is 0.271 e. The van der Waals surface area contributed by atoms with Gasteiger partial charge >= 0.3 is 0 Å². The van der Waals surface area contributed by atoms with Crippen LogP contribution in [0.15, 0.2) is 42.6 Å². The summed E-state index contributed by atoms with van der Waals surface area (Å²) in [4.78, 5) is 18.3. The minimum atomic E-state index is -0.816. The number of hydrogen-bond donors (Lipinski definition) is 1. The fraction of sp³-hybridized carbons (Fsp3) is 0.235. The molecule has 1 amide bonds. The van der Waals surface area contributed by atoms with Crippen LogP contribution in [0.25, 0.3) is 0 Å². The van der Waals surface area contributed by atoms with Gasteiger partial charge in [0.25, 0.3) is 5.91 Å². The number of benzene rings is 1. The van der Waals surface area contributed by atoms with Gasteiger partial charge < -0.3 is 15.0 Å². The van der Waals surface area contributed by atoms with Crippen LogP contribution in [0.3, 0.4) is 0 Å². The van der Waals surface area contributed by atoms with Gasteiger partial charge in [-0.2, -0.15) is 5.26 Å². The van der Waals surface area contributed by atoms with Crippen LogP contribution in [0.2, 0.25) is 0 Å². The Bertz CT molecular complexity index is 737. The van der Waals surface area contributed by atoms with Crippen LogP contribution in [-0.4, -0.2) is 32.1 Å². The zero-order chi connectivity index (χ0) is 16.8. The quantitative estimate of drug-likeness (QED) is 0.915. The van der Waals surface area contributed by atoms with Gasteiger partial charge in [0.1, 0.15) is 17.5 Å². The molecule has 1 aromatic carbocycles. The molecule has 1 aromatic heterocycles. The van der Waals surface area contributed by atoms with Crippen molar-refractivity contribution >= 4 is 11.6 Å². The number of carbonyl (C=O) groups excluding carboxylic acids is 1. The molecule has 2 rings (SSSR count). The fourth-order valence-electron chi connectivity index (χ4n) is 2.11. The molecule has 1 heterocycles. The molecule has 0 saturated heterocycles. The lowest BCUT2D eigenvalue weighted by Crippen LogP contribution is -2.28. The molecule has 0 radical (unpaired) electrons. The first-order valence-corrected chi connectivity index (χ1v) is 7.03. The van der Waals surface area contributed by atoms with Crippen LogP contribution in [0, 0.1) is 11.3 Å². The molecule has 6 heteroatoms. The normalized spacial score (nSPS) is 11.2. The Kier molecular flexibility index (Phi) is 5.15. The van der Waals surface area contributed by atoms with Crippen molar-refractivity contribution in [2.24, 2.45) is 0 Å². The number of pyridine rings is 1. The van der Waals surface area contributed by atoms with Crippen molar-refractivity contribution < 1.29 is 9.53 Å². The number of carbonyl (C=O) groups is 1. The summed E-state index contributed by atoms with van der Waals surface area (Å²) in [5.74, 6) is 0.139. The average Bonchev–Trinajstić information content (AvgIpc) is 2.59. The molecule has 0 fully saturated rings. The number of anilines is 1. The molecule has 0 aliphatic rings. The van der Waals surface area contributed by atoms with Crippen LogP contribution >= 0.6 is 0 Å². The Balaban J connectivity index is 2.24. The van der Waals surface area contributed by atoms with Gasteiger partial charge in [-0.3, -0.25) is 9.78 Å². The smallest absolute Gasteiger partial charge is 0.271 e. The molecule has 1 atom stereocenters. The largest absolute Gasteiger partial charge is 0.496 e. The number of rotatable bonds is 5. The minimum Gasteiger partial charge on any atom is -0.496 e. The number of aromatic nitrogens is 1. The molecule has 0 saturated carbocycles. The number of hydrogen-bond acceptors (Lipinski definition) is 5. The molecule has 0 unspecified atom stereocenters. The molecular formula is C17H18N4O2. The highest BCUT2D eigenvalue weighted by molar-refractivity contribution is 5.93. The van der Waals surface area contributed by atoms with E-state index in [2.05, 4.69) is 16.4 Å². The number of para-hydroxylation sites is 1. The second kappa shape index (κ2) is 7.27. The third-order valence-corrected chi connectivity index (χ3v) is 3.35. The highest BCUT2D eigenvalue weighted by atomic mass is 16.5. The number of amides is 1. The van der Waals surface area contributed by atoms with Crippen molar-refractivity contribution in [2.75, 3.05) is 26.1 Å². The Morgan fingerprint density at radius 3 is 2.74 bits per heavy atom. The van der Waals surface area contributed by atoms with Crippen molar-refractivity contribution in [3.05, 3.63) is 53.9 Å². The summed E-state index contributed by atoms with van der Waals surface area (Å²) in [5.41, 5.74) is 1.72. The second-order valence-electron chi connectivity index (χ2n) is 5.07. The molecule has 1 N–H and O–H groups in total. The van der Waals surface area contributed by atoms with E-state index < -0.39 is 11.9 Å². The summed E-state index contributed by atoms with van der Waals surface area (Å²) in [7, 11) is 5.28. The van der Waals surface area contributed by atoms with E-state index in [1.54, 1.807) is 42.6 Å². The number of methoxy groups -OCH3 is 1. The van der Waals surface area contributed by atoms with Crippen molar-refractivity contribution in [2.45, 2.75) is 6.04 Å². The summed E-state index contributed by atoms with van der Waals surface area (Å²) in [6.07, 6.45) is 1.56. The first kappa shape index (κ1) is 16.3. The standard InChI is InChI=1S/C17H18N4O2/c1-21(2)12-8-9-19-14(10-12)17(22)20-15(11-18)13-6-4-5-7-16(13)23-3/h4-10,15H,1-3H3,(H,20,22)/t15-/m0/s1. The predicted molar refractivity (Wildman–Crippen MR) is 87.4 cm³/mol. The molecule has 2 aromatic rings. The molecule has 0 aliphatic heterocycles. The van der Waals surface area contributed by atoms with Crippen LogP contribution in [0.4, 0.5) is 5.69 Å². The van der Waals surface area contributed by atoms with E-state index in [4.69, 9.17) is 4.74 Å². The summed E-state index contributed by atoms with van der Waals surface area (Å²) in [6.45, 7) is 0. The lowest BCUT2D eigenvalue weighted by Gasteiger charge is -2.16. The number of ether oxygens (including phenoxy) is 1. The van der Waals surface area contributed by atoms with Gasteiger partial charge in [-0.15, -0.1) is 0 Å². The predicted octanol–water partition coefficient (Wildman–Crippen LogP) is 2.15. The van der Waals surface area contributed by atoms with E-state index in [-0.39, 0.29) is 5.69 Å². The highest BCUT2D eigenvalue weighted by Gasteiger charge is 2.19. The van der Waals surface area contributed by atoms with Gasteiger partial charge in [0.05, 0.1) is 13.2 Å². The molecule has 0 spiro atoms. The van der Waals surface area contributed by atoms with Crippen LogP contribution < -0.4 is 15.0 Å². The molecule has 6 nitrogen and oxygen atoms in total. The first-order chi connectivity index (χ1) is 11.1. The monoisotopic (exact) mass is 310 g/mol. The summed E-state index contributed by atoms with van der Waals surface area (Å²) >= 11 is 0. The summed E-state index contributed by atoms with van der Waals surface area (Å²) in [5, 5.41) is 12.1. The number of nitrogens with one attached hydrogen (secondary N) is 1. The van der Waals surface area contributed by atoms with Crippen molar-refractivity contribution in [3.8, 4) is 11.8 Å². The topological polar surface area (TPSA) is 78.2 Å². The average molecular weight is 310 g/mol. The Morgan fingerprint density at radius 2 is 2.09 bits per heavy atom. The van der Waals surface area contributed by atoms with Gasteiger partial charge in [0.2, 0.25) is 0 Å². The lowest BCUT2D eigenvalue weighted by atomic mass is 10.1. The van der Waals surface area contributed by atoms with Gasteiger partial charge in [-0.05, 0) is 18.2 Å². The van der Waals surface area contributed by atoms with Gasteiger partial charge in [-0.25, -0.2) is 0 Å². The molecule has 0 aliphatic carbocycles. The summed E-state index contributed by atoms with van der Waals surface area (Å²) in [6, 6.07) is 11.8. The van der Waals surface area contributed by atoms with E-state index in [1.165, 1.54) is 7.11 Å². The third kappa shape index (κ3) is 3.77. The molecular weight excluding hydrogens is 292 g/mol. The van der Waals surface area contributed by atoms with Crippen LogP contribution in [0.5, 0.6) is 5.75 Å². The van der Waals surface area contributed by atoms with Gasteiger partial charge in [0, 0.05) is 31.5 Å². The molecule has 118 valence electrons. The van der Waals surface area contributed by atoms with E-state index in [0.29, 0.717) is 11.3 Å². The summed E-state index contributed by atoms with van der Waals surface area (Å²) < 4.78 is 5.24.